The molecule has 1 aliphatic rings. The minimum Gasteiger partial charge on any atom is -0.352 e. The lowest BCUT2D eigenvalue weighted by Gasteiger charge is -2.29. The molecule has 0 aliphatic carbocycles. The smallest absolute Gasteiger partial charge is 0.284 e. The van der Waals surface area contributed by atoms with Crippen LogP contribution in [0.3, 0.4) is 0 Å². The van der Waals surface area contributed by atoms with Crippen molar-refractivity contribution >= 4 is 27.5 Å². The quantitative estimate of drug-likeness (QED) is 0.664. The first-order valence-corrected chi connectivity index (χ1v) is 7.68. The average molecular weight is 356 g/mol. The summed E-state index contributed by atoms with van der Waals surface area (Å²) in [6, 6.07) is 4.47. The van der Waals surface area contributed by atoms with E-state index in [0.29, 0.717) is 18.0 Å². The molecule has 1 heterocycles. The lowest BCUT2D eigenvalue weighted by molar-refractivity contribution is -0.385. The molecule has 0 aromatic heterocycles. The van der Waals surface area contributed by atoms with E-state index >= 15 is 0 Å². The summed E-state index contributed by atoms with van der Waals surface area (Å²) < 4.78 is 0.230. The lowest BCUT2D eigenvalue weighted by Crippen LogP contribution is -2.39. The molecule has 114 valence electrons. The summed E-state index contributed by atoms with van der Waals surface area (Å²) in [6.07, 6.45) is 2.23. The Kier molecular flexibility index (Phi) is 5.30. The second kappa shape index (κ2) is 7.00. The largest absolute Gasteiger partial charge is 0.352 e. The summed E-state index contributed by atoms with van der Waals surface area (Å²) in [7, 11) is 2.07. The zero-order valence-corrected chi connectivity index (χ0v) is 13.4. The number of nitro benzene ring substituents is 1. The maximum atomic E-state index is 12.2. The van der Waals surface area contributed by atoms with Crippen molar-refractivity contribution in [1.29, 1.82) is 0 Å². The van der Waals surface area contributed by atoms with Crippen LogP contribution in [0.25, 0.3) is 0 Å². The number of nitrogens with zero attached hydrogens (tertiary/aromatic N) is 2. The van der Waals surface area contributed by atoms with Crippen LogP contribution < -0.4 is 5.32 Å². The van der Waals surface area contributed by atoms with Gasteiger partial charge in [0, 0.05) is 19.2 Å². The molecule has 1 unspecified atom stereocenters. The fraction of sp³-hybridized carbons (Fsp3) is 0.500. The molecule has 1 aliphatic heterocycles. The number of carbonyl (C=O) groups excluding carboxylic acids is 1. The summed E-state index contributed by atoms with van der Waals surface area (Å²) >= 11 is 3.15. The highest BCUT2D eigenvalue weighted by atomic mass is 79.9. The number of hydrogen-bond donors (Lipinski definition) is 1. The van der Waals surface area contributed by atoms with Crippen molar-refractivity contribution in [3.05, 3.63) is 38.3 Å². The number of likely N-dealkylation sites (tertiary alicyclic amines) is 1. The minimum absolute atomic E-state index is 0.0972. The van der Waals surface area contributed by atoms with Crippen LogP contribution in [0.4, 0.5) is 5.69 Å². The monoisotopic (exact) mass is 355 g/mol. The molecular formula is C14H18BrN3O3. The third-order valence-corrected chi connectivity index (χ3v) is 4.53. The number of nitro groups is 1. The summed E-state index contributed by atoms with van der Waals surface area (Å²) in [5.74, 6) is 0.156. The van der Waals surface area contributed by atoms with Gasteiger partial charge in [0.1, 0.15) is 4.47 Å². The van der Waals surface area contributed by atoms with Gasteiger partial charge in [-0.1, -0.05) is 6.07 Å². The van der Waals surface area contributed by atoms with E-state index in [2.05, 4.69) is 33.2 Å². The highest BCUT2D eigenvalue weighted by Crippen LogP contribution is 2.28. The molecule has 6 nitrogen and oxygen atoms in total. The fourth-order valence-corrected chi connectivity index (χ4v) is 3.20. The Morgan fingerprint density at radius 3 is 3.00 bits per heavy atom. The van der Waals surface area contributed by atoms with Crippen molar-refractivity contribution in [2.24, 2.45) is 5.92 Å². The van der Waals surface area contributed by atoms with Crippen LogP contribution >= 0.6 is 15.9 Å². The molecular weight excluding hydrogens is 338 g/mol. The van der Waals surface area contributed by atoms with Gasteiger partial charge >= 0.3 is 0 Å². The van der Waals surface area contributed by atoms with E-state index in [1.165, 1.54) is 12.1 Å². The molecule has 1 N–H and O–H groups in total. The third-order valence-electron chi connectivity index (χ3n) is 3.69. The number of halogens is 1. The van der Waals surface area contributed by atoms with Crippen molar-refractivity contribution in [3.63, 3.8) is 0 Å². The van der Waals surface area contributed by atoms with Gasteiger partial charge in [0.25, 0.3) is 11.6 Å². The van der Waals surface area contributed by atoms with Crippen molar-refractivity contribution in [2.45, 2.75) is 12.8 Å². The first-order chi connectivity index (χ1) is 9.99. The van der Waals surface area contributed by atoms with E-state index < -0.39 is 4.92 Å². The Balaban J connectivity index is 2.00. The number of amides is 1. The van der Waals surface area contributed by atoms with E-state index in [-0.39, 0.29) is 16.1 Å². The Morgan fingerprint density at radius 2 is 2.33 bits per heavy atom. The maximum Gasteiger partial charge on any atom is 0.284 e. The van der Waals surface area contributed by atoms with Gasteiger partial charge in [0.2, 0.25) is 0 Å². The number of hydrogen-bond acceptors (Lipinski definition) is 4. The van der Waals surface area contributed by atoms with Crippen molar-refractivity contribution in [2.75, 3.05) is 26.7 Å². The van der Waals surface area contributed by atoms with Gasteiger partial charge in [-0.05, 0) is 54.3 Å². The number of rotatable bonds is 4. The van der Waals surface area contributed by atoms with Gasteiger partial charge in [-0.2, -0.15) is 0 Å². The van der Waals surface area contributed by atoms with E-state index in [0.717, 1.165) is 25.9 Å². The molecule has 1 aromatic carbocycles. The van der Waals surface area contributed by atoms with Gasteiger partial charge in [0.05, 0.1) is 10.5 Å². The van der Waals surface area contributed by atoms with Crippen LogP contribution in [-0.2, 0) is 0 Å². The number of benzene rings is 1. The Bertz CT molecular complexity index is 550. The van der Waals surface area contributed by atoms with Crippen LogP contribution in [0.2, 0.25) is 0 Å². The van der Waals surface area contributed by atoms with Gasteiger partial charge in [-0.3, -0.25) is 14.9 Å². The SMILES string of the molecule is CN1CCCC(CNC(=O)c2cccc([N+](=O)[O-])c2Br)C1. The molecule has 0 bridgehead atoms. The van der Waals surface area contributed by atoms with Crippen molar-refractivity contribution < 1.29 is 9.72 Å². The number of nitrogens with one attached hydrogen (secondary N) is 1. The molecule has 21 heavy (non-hydrogen) atoms. The normalized spacial score (nSPS) is 19.2. The standard InChI is InChI=1S/C14H18BrN3O3/c1-17-7-3-4-10(9-17)8-16-14(19)11-5-2-6-12(13(11)15)18(20)21/h2,5-6,10H,3-4,7-9H2,1H3,(H,16,19). The number of carbonyl (C=O) groups is 1. The summed E-state index contributed by atoms with van der Waals surface area (Å²) in [5, 5.41) is 13.8. The highest BCUT2D eigenvalue weighted by Gasteiger charge is 2.21. The molecule has 1 saturated heterocycles. The zero-order valence-electron chi connectivity index (χ0n) is 11.8. The topological polar surface area (TPSA) is 75.5 Å². The Hall–Kier alpha value is -1.47. The molecule has 2 rings (SSSR count). The molecule has 0 spiro atoms. The lowest BCUT2D eigenvalue weighted by atomic mass is 9.98. The number of piperidine rings is 1. The molecule has 1 atom stereocenters. The molecule has 1 aromatic rings. The van der Waals surface area contributed by atoms with Gasteiger partial charge < -0.3 is 10.2 Å². The van der Waals surface area contributed by atoms with Crippen LogP contribution in [0, 0.1) is 16.0 Å². The second-order valence-corrected chi connectivity index (χ2v) is 6.17. The van der Waals surface area contributed by atoms with E-state index in [4.69, 9.17) is 0 Å². The van der Waals surface area contributed by atoms with Crippen LogP contribution in [0.5, 0.6) is 0 Å². The summed E-state index contributed by atoms with van der Waals surface area (Å²) in [4.78, 5) is 24.8. The van der Waals surface area contributed by atoms with Gasteiger partial charge in [-0.25, -0.2) is 0 Å². The average Bonchev–Trinajstić information content (AvgIpc) is 2.45. The highest BCUT2D eigenvalue weighted by molar-refractivity contribution is 9.10. The summed E-state index contributed by atoms with van der Waals surface area (Å²) in [6.45, 7) is 2.66. The fourth-order valence-electron chi connectivity index (χ4n) is 2.61. The van der Waals surface area contributed by atoms with Crippen molar-refractivity contribution in [1.82, 2.24) is 10.2 Å². The zero-order chi connectivity index (χ0) is 15.4. The second-order valence-electron chi connectivity index (χ2n) is 5.38. The molecule has 0 saturated carbocycles. The third kappa shape index (κ3) is 4.01. The first-order valence-electron chi connectivity index (χ1n) is 6.88. The van der Waals surface area contributed by atoms with E-state index in [9.17, 15) is 14.9 Å². The minimum atomic E-state index is -0.503. The Labute approximate surface area is 131 Å². The molecule has 7 heteroatoms. The summed E-state index contributed by atoms with van der Waals surface area (Å²) in [5.41, 5.74) is 0.202. The Morgan fingerprint density at radius 1 is 1.57 bits per heavy atom. The van der Waals surface area contributed by atoms with E-state index in [1.807, 2.05) is 0 Å². The van der Waals surface area contributed by atoms with E-state index in [1.54, 1.807) is 6.07 Å². The van der Waals surface area contributed by atoms with Crippen LogP contribution in [0.15, 0.2) is 22.7 Å². The maximum absolute atomic E-state index is 12.2. The molecule has 1 amide bonds. The molecule has 0 radical (unpaired) electrons. The predicted molar refractivity (Wildman–Crippen MR) is 83.4 cm³/mol. The van der Waals surface area contributed by atoms with Gasteiger partial charge in [-0.15, -0.1) is 0 Å². The molecule has 1 fully saturated rings. The first kappa shape index (κ1) is 15.9. The van der Waals surface area contributed by atoms with Crippen molar-refractivity contribution in [3.8, 4) is 0 Å². The van der Waals surface area contributed by atoms with Gasteiger partial charge in [0.15, 0.2) is 0 Å². The van der Waals surface area contributed by atoms with Crippen LogP contribution in [-0.4, -0.2) is 42.4 Å². The van der Waals surface area contributed by atoms with Crippen LogP contribution in [0.1, 0.15) is 23.2 Å². The predicted octanol–water partition coefficient (Wildman–Crippen LogP) is 2.43.